The van der Waals surface area contributed by atoms with Crippen LogP contribution in [0.2, 0.25) is 0 Å². The van der Waals surface area contributed by atoms with Crippen molar-refractivity contribution in [2.24, 2.45) is 0 Å². The number of hydrogen-bond acceptors (Lipinski definition) is 2. The molecule has 0 saturated carbocycles. The first-order chi connectivity index (χ1) is 15.0. The molecule has 1 N–H and O–H groups in total. The van der Waals surface area contributed by atoms with E-state index in [-0.39, 0.29) is 24.4 Å². The highest BCUT2D eigenvalue weighted by atomic mass is 19.4. The van der Waals surface area contributed by atoms with Crippen LogP contribution in [0.15, 0.2) is 42.6 Å². The van der Waals surface area contributed by atoms with Crippen LogP contribution >= 0.6 is 0 Å². The molecule has 0 fully saturated rings. The molecule has 0 aliphatic heterocycles. The number of rotatable bonds is 7. The van der Waals surface area contributed by atoms with Crippen molar-refractivity contribution in [2.75, 3.05) is 0 Å². The van der Waals surface area contributed by atoms with Crippen molar-refractivity contribution in [3.05, 3.63) is 81.9 Å². The predicted molar refractivity (Wildman–Crippen MR) is 112 cm³/mol. The SMILES string of the molecule is Cc1ccc(-n2ccc(C(F)(F)F)c2COc2ccc(CCC(=O)O)c(C)c2C)cc1F. The molecular weight excluding hydrogens is 426 g/mol. The summed E-state index contributed by atoms with van der Waals surface area (Å²) in [5, 5.41) is 8.88. The van der Waals surface area contributed by atoms with Gasteiger partial charge in [0.1, 0.15) is 18.2 Å². The van der Waals surface area contributed by atoms with Crippen molar-refractivity contribution >= 4 is 5.97 Å². The normalized spacial score (nSPS) is 11.6. The standard InChI is InChI=1S/C24H23F4NO3/c1-14-4-7-18(12-20(14)25)29-11-10-19(24(26,27)28)21(29)13-32-22-8-5-17(6-9-23(30)31)15(2)16(22)3/h4-5,7-8,10-12H,6,9,13H2,1-3H3,(H,30,31). The first-order valence-electron chi connectivity index (χ1n) is 9.96. The van der Waals surface area contributed by atoms with E-state index in [1.54, 1.807) is 32.0 Å². The van der Waals surface area contributed by atoms with Crippen LogP contribution in [0, 0.1) is 26.6 Å². The molecule has 32 heavy (non-hydrogen) atoms. The Bertz CT molecular complexity index is 1150. The van der Waals surface area contributed by atoms with Gasteiger partial charge in [-0.05, 0) is 73.7 Å². The van der Waals surface area contributed by atoms with Crippen molar-refractivity contribution in [3.63, 3.8) is 0 Å². The van der Waals surface area contributed by atoms with Gasteiger partial charge in [-0.3, -0.25) is 4.79 Å². The third-order valence-electron chi connectivity index (χ3n) is 5.55. The Balaban J connectivity index is 1.93. The fourth-order valence-electron chi connectivity index (χ4n) is 3.51. The summed E-state index contributed by atoms with van der Waals surface area (Å²) in [4.78, 5) is 10.8. The zero-order chi connectivity index (χ0) is 23.6. The van der Waals surface area contributed by atoms with Gasteiger partial charge in [0, 0.05) is 18.3 Å². The molecular formula is C24H23F4NO3. The lowest BCUT2D eigenvalue weighted by Gasteiger charge is -2.17. The fraction of sp³-hybridized carbons (Fsp3) is 0.292. The summed E-state index contributed by atoms with van der Waals surface area (Å²) in [6, 6.07) is 8.54. The topological polar surface area (TPSA) is 51.5 Å². The maximum Gasteiger partial charge on any atom is 0.418 e. The van der Waals surface area contributed by atoms with E-state index in [1.807, 2.05) is 6.92 Å². The monoisotopic (exact) mass is 449 g/mol. The summed E-state index contributed by atoms with van der Waals surface area (Å²) in [5.41, 5.74) is 2.05. The molecule has 170 valence electrons. The average molecular weight is 449 g/mol. The highest BCUT2D eigenvalue weighted by Gasteiger charge is 2.35. The molecule has 0 aliphatic rings. The molecule has 2 aromatic carbocycles. The van der Waals surface area contributed by atoms with E-state index in [0.29, 0.717) is 17.7 Å². The van der Waals surface area contributed by atoms with Gasteiger partial charge in [-0.25, -0.2) is 4.39 Å². The number of carboxylic acids is 1. The van der Waals surface area contributed by atoms with Crippen LogP contribution in [0.1, 0.15) is 39.9 Å². The summed E-state index contributed by atoms with van der Waals surface area (Å²) in [6.07, 6.45) is -3.02. The van der Waals surface area contributed by atoms with Crippen molar-refractivity contribution in [1.29, 1.82) is 0 Å². The number of aryl methyl sites for hydroxylation is 2. The second-order valence-corrected chi connectivity index (χ2v) is 7.63. The molecule has 1 heterocycles. The van der Waals surface area contributed by atoms with Gasteiger partial charge in [0.05, 0.1) is 11.3 Å². The van der Waals surface area contributed by atoms with E-state index in [1.165, 1.54) is 22.9 Å². The van der Waals surface area contributed by atoms with Gasteiger partial charge in [0.2, 0.25) is 0 Å². The molecule has 1 aromatic heterocycles. The Morgan fingerprint density at radius 3 is 2.41 bits per heavy atom. The maximum absolute atomic E-state index is 14.0. The molecule has 0 unspecified atom stereocenters. The number of ether oxygens (including phenoxy) is 1. The highest BCUT2D eigenvalue weighted by molar-refractivity contribution is 5.67. The minimum atomic E-state index is -4.60. The zero-order valence-electron chi connectivity index (χ0n) is 17.9. The number of hydrogen-bond donors (Lipinski definition) is 1. The average Bonchev–Trinajstić information content (AvgIpc) is 3.14. The Morgan fingerprint density at radius 2 is 1.78 bits per heavy atom. The lowest BCUT2D eigenvalue weighted by Crippen LogP contribution is -2.13. The summed E-state index contributed by atoms with van der Waals surface area (Å²) >= 11 is 0. The van der Waals surface area contributed by atoms with Crippen molar-refractivity contribution in [1.82, 2.24) is 4.57 Å². The smallest absolute Gasteiger partial charge is 0.418 e. The van der Waals surface area contributed by atoms with Gasteiger partial charge in [0.25, 0.3) is 0 Å². The van der Waals surface area contributed by atoms with E-state index >= 15 is 0 Å². The van der Waals surface area contributed by atoms with E-state index in [0.717, 1.165) is 22.8 Å². The molecule has 0 saturated heterocycles. The van der Waals surface area contributed by atoms with E-state index in [2.05, 4.69) is 0 Å². The minimum absolute atomic E-state index is 0.0178. The van der Waals surface area contributed by atoms with E-state index in [4.69, 9.17) is 9.84 Å². The van der Waals surface area contributed by atoms with Crippen LogP contribution in [-0.4, -0.2) is 15.6 Å². The third-order valence-corrected chi connectivity index (χ3v) is 5.55. The van der Waals surface area contributed by atoms with Crippen molar-refractivity contribution in [2.45, 2.75) is 46.4 Å². The first-order valence-corrected chi connectivity index (χ1v) is 9.96. The number of aliphatic carboxylic acids is 1. The lowest BCUT2D eigenvalue weighted by atomic mass is 9.99. The molecule has 3 aromatic rings. The summed E-state index contributed by atoms with van der Waals surface area (Å²) in [7, 11) is 0. The Morgan fingerprint density at radius 1 is 1.06 bits per heavy atom. The van der Waals surface area contributed by atoms with Crippen molar-refractivity contribution < 1.29 is 32.2 Å². The van der Waals surface area contributed by atoms with Crippen LogP contribution in [0.3, 0.4) is 0 Å². The second-order valence-electron chi connectivity index (χ2n) is 7.63. The van der Waals surface area contributed by atoms with Crippen LogP contribution in [0.5, 0.6) is 5.75 Å². The molecule has 8 heteroatoms. The highest BCUT2D eigenvalue weighted by Crippen LogP contribution is 2.35. The van der Waals surface area contributed by atoms with E-state index < -0.39 is 23.5 Å². The van der Waals surface area contributed by atoms with Gasteiger partial charge < -0.3 is 14.4 Å². The summed E-state index contributed by atoms with van der Waals surface area (Å²) < 4.78 is 61.9. The molecule has 0 bridgehead atoms. The third kappa shape index (κ3) is 4.95. The van der Waals surface area contributed by atoms with Gasteiger partial charge >= 0.3 is 12.1 Å². The quantitative estimate of drug-likeness (QED) is 0.440. The Labute approximate surface area is 183 Å². The van der Waals surface area contributed by atoms with Crippen LogP contribution in [0.25, 0.3) is 5.69 Å². The number of benzene rings is 2. The largest absolute Gasteiger partial charge is 0.487 e. The maximum atomic E-state index is 14.0. The molecule has 4 nitrogen and oxygen atoms in total. The minimum Gasteiger partial charge on any atom is -0.487 e. The summed E-state index contributed by atoms with van der Waals surface area (Å²) in [5.74, 6) is -1.02. The van der Waals surface area contributed by atoms with E-state index in [9.17, 15) is 22.4 Å². The number of carboxylic acid groups (broad SMARTS) is 1. The molecule has 0 amide bonds. The molecule has 0 aliphatic carbocycles. The van der Waals surface area contributed by atoms with Gasteiger partial charge in [-0.15, -0.1) is 0 Å². The number of aromatic nitrogens is 1. The Kier molecular flexibility index (Phi) is 6.62. The van der Waals surface area contributed by atoms with Crippen molar-refractivity contribution in [3.8, 4) is 11.4 Å². The fourth-order valence-corrected chi connectivity index (χ4v) is 3.51. The number of alkyl halides is 3. The van der Waals surface area contributed by atoms with Gasteiger partial charge in [-0.1, -0.05) is 12.1 Å². The molecule has 0 radical (unpaired) electrons. The van der Waals surface area contributed by atoms with Crippen LogP contribution < -0.4 is 4.74 Å². The first kappa shape index (κ1) is 23.4. The summed E-state index contributed by atoms with van der Waals surface area (Å²) in [6.45, 7) is 4.78. The molecule has 0 spiro atoms. The molecule has 0 atom stereocenters. The lowest BCUT2D eigenvalue weighted by molar-refractivity contribution is -0.139. The van der Waals surface area contributed by atoms with Crippen LogP contribution in [-0.2, 0) is 24.0 Å². The second kappa shape index (κ2) is 9.06. The number of nitrogens with zero attached hydrogens (tertiary/aromatic N) is 1. The Hall–Kier alpha value is -3.29. The number of halogens is 4. The van der Waals surface area contributed by atoms with Gasteiger partial charge in [-0.2, -0.15) is 13.2 Å². The molecule has 3 rings (SSSR count). The van der Waals surface area contributed by atoms with Crippen LogP contribution in [0.4, 0.5) is 17.6 Å². The predicted octanol–water partition coefficient (Wildman–Crippen LogP) is 6.16. The van der Waals surface area contributed by atoms with Gasteiger partial charge in [0.15, 0.2) is 0 Å². The number of carbonyl (C=O) groups is 1. The zero-order valence-corrected chi connectivity index (χ0v) is 17.9.